The molecule has 3 heterocycles. The summed E-state index contributed by atoms with van der Waals surface area (Å²) in [4.78, 5) is 28.6. The fourth-order valence-electron chi connectivity index (χ4n) is 6.52. The van der Waals surface area contributed by atoms with Gasteiger partial charge in [0.2, 0.25) is 0 Å². The summed E-state index contributed by atoms with van der Waals surface area (Å²) >= 11 is 0. The number of piperidine rings is 1. The van der Waals surface area contributed by atoms with Crippen molar-refractivity contribution in [3.8, 4) is 0 Å². The Morgan fingerprint density at radius 1 is 1.05 bits per heavy atom. The highest BCUT2D eigenvalue weighted by atomic mass is 19.4. The molecule has 0 unspecified atom stereocenters. The standard InChI is InChI=1S/C30H34F4N2O5/c1-28(40)17-36(15-20-13-21(30(32,33)34)4-5-24(20)28)27(39)29(2)10-7-22(16-41-29)35-11-8-18(9-12-35)19-3-6-25(31)23(14-19)26(37)38/h3-6,13-14,18,22,40H,7-12,15-17H2,1-2H3,(H,37,38)/t22-,28-,29-/m1/s1. The number of aliphatic hydroxyl groups is 1. The molecule has 7 nitrogen and oxygen atoms in total. The van der Waals surface area contributed by atoms with E-state index in [4.69, 9.17) is 4.74 Å². The molecule has 222 valence electrons. The zero-order chi connectivity index (χ0) is 29.7. The number of β-amino-alcohol motifs (C(OH)–C–C–N with tert-alkyl or cyclic N) is 1. The molecular formula is C30H34F4N2O5. The number of ether oxygens (including phenoxy) is 1. The van der Waals surface area contributed by atoms with Crippen LogP contribution in [0.25, 0.3) is 0 Å². The Hall–Kier alpha value is -3.02. The summed E-state index contributed by atoms with van der Waals surface area (Å²) < 4.78 is 59.9. The quantitative estimate of drug-likeness (QED) is 0.502. The second kappa shape index (κ2) is 10.7. The molecule has 2 fully saturated rings. The van der Waals surface area contributed by atoms with Crippen LogP contribution in [-0.2, 0) is 27.9 Å². The minimum absolute atomic E-state index is 0.0445. The molecule has 2 aromatic rings. The number of aromatic carboxylic acids is 1. The molecule has 3 aliphatic heterocycles. The summed E-state index contributed by atoms with van der Waals surface area (Å²) in [7, 11) is 0. The van der Waals surface area contributed by atoms with E-state index < -0.39 is 34.7 Å². The highest BCUT2D eigenvalue weighted by molar-refractivity contribution is 5.88. The molecule has 2 saturated heterocycles. The van der Waals surface area contributed by atoms with E-state index in [9.17, 15) is 37.4 Å². The summed E-state index contributed by atoms with van der Waals surface area (Å²) in [6, 6.07) is 7.58. The van der Waals surface area contributed by atoms with Gasteiger partial charge in [0.1, 0.15) is 17.0 Å². The summed E-state index contributed by atoms with van der Waals surface area (Å²) in [6.07, 6.45) is -1.87. The third-order valence-corrected chi connectivity index (χ3v) is 8.90. The molecule has 0 spiro atoms. The maximum Gasteiger partial charge on any atom is 0.416 e. The predicted molar refractivity (Wildman–Crippen MR) is 141 cm³/mol. The smallest absolute Gasteiger partial charge is 0.416 e. The van der Waals surface area contributed by atoms with Crippen LogP contribution < -0.4 is 0 Å². The zero-order valence-electron chi connectivity index (χ0n) is 23.0. The van der Waals surface area contributed by atoms with Gasteiger partial charge in [-0.25, -0.2) is 9.18 Å². The van der Waals surface area contributed by atoms with Crippen LogP contribution in [0.15, 0.2) is 36.4 Å². The monoisotopic (exact) mass is 578 g/mol. The average molecular weight is 579 g/mol. The lowest BCUT2D eigenvalue weighted by Crippen LogP contribution is -2.58. The van der Waals surface area contributed by atoms with Crippen molar-refractivity contribution in [2.75, 3.05) is 26.2 Å². The van der Waals surface area contributed by atoms with E-state index >= 15 is 0 Å². The lowest BCUT2D eigenvalue weighted by atomic mass is 9.84. The van der Waals surface area contributed by atoms with Crippen molar-refractivity contribution in [2.45, 2.75) is 75.4 Å². The number of amides is 1. The number of alkyl halides is 3. The van der Waals surface area contributed by atoms with E-state index in [2.05, 4.69) is 4.90 Å². The Balaban J connectivity index is 1.20. The Morgan fingerprint density at radius 2 is 1.76 bits per heavy atom. The van der Waals surface area contributed by atoms with Crippen molar-refractivity contribution in [3.63, 3.8) is 0 Å². The number of carbonyl (C=O) groups is 2. The largest absolute Gasteiger partial charge is 0.478 e. The van der Waals surface area contributed by atoms with E-state index in [1.807, 2.05) is 0 Å². The first-order chi connectivity index (χ1) is 19.2. The summed E-state index contributed by atoms with van der Waals surface area (Å²) in [5, 5.41) is 20.3. The molecule has 5 rings (SSSR count). The molecule has 3 aliphatic rings. The van der Waals surface area contributed by atoms with Gasteiger partial charge in [-0.1, -0.05) is 12.1 Å². The topological polar surface area (TPSA) is 90.3 Å². The van der Waals surface area contributed by atoms with E-state index in [1.54, 1.807) is 13.0 Å². The van der Waals surface area contributed by atoms with Gasteiger partial charge >= 0.3 is 12.1 Å². The first-order valence-electron chi connectivity index (χ1n) is 13.8. The molecule has 0 aliphatic carbocycles. The number of benzene rings is 2. The van der Waals surface area contributed by atoms with Crippen molar-refractivity contribution in [1.29, 1.82) is 0 Å². The van der Waals surface area contributed by atoms with E-state index in [1.165, 1.54) is 30.0 Å². The lowest BCUT2D eigenvalue weighted by molar-refractivity contribution is -0.172. The van der Waals surface area contributed by atoms with Gasteiger partial charge < -0.3 is 19.8 Å². The number of fused-ring (bicyclic) bond motifs is 1. The first kappa shape index (κ1) is 29.5. The minimum Gasteiger partial charge on any atom is -0.478 e. The van der Waals surface area contributed by atoms with Gasteiger partial charge in [0.25, 0.3) is 5.91 Å². The van der Waals surface area contributed by atoms with Crippen LogP contribution >= 0.6 is 0 Å². The van der Waals surface area contributed by atoms with Gasteiger partial charge in [0.05, 0.1) is 24.3 Å². The van der Waals surface area contributed by atoms with Gasteiger partial charge in [-0.3, -0.25) is 9.69 Å². The van der Waals surface area contributed by atoms with Crippen molar-refractivity contribution in [1.82, 2.24) is 9.80 Å². The second-order valence-corrected chi connectivity index (χ2v) is 11.9. The number of hydrogen-bond donors (Lipinski definition) is 2. The lowest BCUT2D eigenvalue weighted by Gasteiger charge is -2.46. The van der Waals surface area contributed by atoms with E-state index in [-0.39, 0.29) is 42.1 Å². The van der Waals surface area contributed by atoms with Crippen molar-refractivity contribution >= 4 is 11.9 Å². The van der Waals surface area contributed by atoms with Crippen LogP contribution in [-0.4, -0.2) is 69.8 Å². The zero-order valence-corrected chi connectivity index (χ0v) is 23.0. The van der Waals surface area contributed by atoms with Crippen LogP contribution in [0.4, 0.5) is 17.6 Å². The molecule has 3 atom stereocenters. The molecule has 0 aromatic heterocycles. The molecule has 1 amide bonds. The Bertz CT molecular complexity index is 1330. The van der Waals surface area contributed by atoms with Gasteiger partial charge in [-0.2, -0.15) is 13.2 Å². The Kier molecular flexibility index (Phi) is 7.67. The maximum atomic E-state index is 13.8. The number of halogens is 4. The Labute approximate surface area is 235 Å². The van der Waals surface area contributed by atoms with Gasteiger partial charge in [-0.05, 0) is 99.5 Å². The number of hydrogen-bond acceptors (Lipinski definition) is 5. The second-order valence-electron chi connectivity index (χ2n) is 11.9. The van der Waals surface area contributed by atoms with Crippen LogP contribution in [0.1, 0.15) is 78.1 Å². The SMILES string of the molecule is C[C@]1(C(=O)N2Cc3cc(C(F)(F)F)ccc3[C@](C)(O)C2)CC[C@@H](N2CCC(c3ccc(F)c(C(=O)O)c3)CC2)CO1. The molecule has 0 radical (unpaired) electrons. The number of carboxylic acid groups (broad SMARTS) is 1. The first-order valence-corrected chi connectivity index (χ1v) is 13.8. The third kappa shape index (κ3) is 5.85. The normalized spacial score (nSPS) is 27.9. The maximum absolute atomic E-state index is 13.8. The molecule has 11 heteroatoms. The number of rotatable bonds is 4. The van der Waals surface area contributed by atoms with E-state index in [0.717, 1.165) is 43.6 Å². The number of carbonyl (C=O) groups excluding carboxylic acids is 1. The fourth-order valence-corrected chi connectivity index (χ4v) is 6.52. The van der Waals surface area contributed by atoms with Crippen molar-refractivity contribution in [2.24, 2.45) is 0 Å². The predicted octanol–water partition coefficient (Wildman–Crippen LogP) is 4.91. The number of carboxylic acids is 1. The summed E-state index contributed by atoms with van der Waals surface area (Å²) in [5.41, 5.74) is -2.35. The molecule has 41 heavy (non-hydrogen) atoms. The average Bonchev–Trinajstić information content (AvgIpc) is 2.92. The van der Waals surface area contributed by atoms with Crippen molar-refractivity contribution < 1.29 is 42.1 Å². The summed E-state index contributed by atoms with van der Waals surface area (Å²) in [6.45, 7) is 4.90. The summed E-state index contributed by atoms with van der Waals surface area (Å²) in [5.74, 6) is -2.28. The van der Waals surface area contributed by atoms with Crippen LogP contribution in [0.5, 0.6) is 0 Å². The van der Waals surface area contributed by atoms with Gasteiger partial charge in [-0.15, -0.1) is 0 Å². The molecular weight excluding hydrogens is 544 g/mol. The van der Waals surface area contributed by atoms with E-state index in [0.29, 0.717) is 25.0 Å². The van der Waals surface area contributed by atoms with Crippen LogP contribution in [0, 0.1) is 5.82 Å². The molecule has 2 aromatic carbocycles. The van der Waals surface area contributed by atoms with Crippen molar-refractivity contribution in [3.05, 3.63) is 70.0 Å². The fraction of sp³-hybridized carbons (Fsp3) is 0.533. The number of likely N-dealkylation sites (tertiary alicyclic amines) is 1. The Morgan fingerprint density at radius 3 is 2.37 bits per heavy atom. The number of nitrogens with zero attached hydrogens (tertiary/aromatic N) is 2. The minimum atomic E-state index is -4.53. The molecule has 0 bridgehead atoms. The third-order valence-electron chi connectivity index (χ3n) is 8.90. The highest BCUT2D eigenvalue weighted by Crippen LogP contribution is 2.39. The van der Waals surface area contributed by atoms with Crippen LogP contribution in [0.3, 0.4) is 0 Å². The highest BCUT2D eigenvalue weighted by Gasteiger charge is 2.46. The molecule has 0 saturated carbocycles. The van der Waals surface area contributed by atoms with Crippen LogP contribution in [0.2, 0.25) is 0 Å². The van der Waals surface area contributed by atoms with Gasteiger partial charge in [0, 0.05) is 12.6 Å². The molecule has 2 N–H and O–H groups in total. The van der Waals surface area contributed by atoms with Gasteiger partial charge in [0.15, 0.2) is 0 Å².